The summed E-state index contributed by atoms with van der Waals surface area (Å²) < 4.78 is 28.8. The lowest BCUT2D eigenvalue weighted by atomic mass is 9.90. The molecule has 0 aliphatic carbocycles. The molecule has 2 fully saturated rings. The van der Waals surface area contributed by atoms with Gasteiger partial charge in [-0.05, 0) is 37.8 Å². The molecule has 3 rings (SSSR count). The summed E-state index contributed by atoms with van der Waals surface area (Å²) in [6, 6.07) is 6.16. The first kappa shape index (κ1) is 13.9. The van der Waals surface area contributed by atoms with Crippen molar-refractivity contribution in [3.05, 3.63) is 29.8 Å². The molecule has 0 amide bonds. The Hall–Kier alpha value is -1.10. The van der Waals surface area contributed by atoms with Gasteiger partial charge in [-0.25, -0.2) is 0 Å². The van der Waals surface area contributed by atoms with Crippen molar-refractivity contribution in [2.24, 2.45) is 5.92 Å². The van der Waals surface area contributed by atoms with Crippen LogP contribution >= 0.6 is 11.8 Å². The van der Waals surface area contributed by atoms with Crippen LogP contribution in [-0.4, -0.2) is 22.9 Å². The Balaban J connectivity index is 1.73. The van der Waals surface area contributed by atoms with Crippen LogP contribution in [0.5, 0.6) is 5.75 Å². The van der Waals surface area contributed by atoms with Crippen molar-refractivity contribution in [1.82, 2.24) is 0 Å². The van der Waals surface area contributed by atoms with E-state index in [-0.39, 0.29) is 17.5 Å². The molecular formula is C15H16F2O2S. The lowest BCUT2D eigenvalue weighted by Gasteiger charge is -2.26. The summed E-state index contributed by atoms with van der Waals surface area (Å²) in [5.74, 6) is 0.163. The van der Waals surface area contributed by atoms with Crippen molar-refractivity contribution in [2.45, 2.75) is 42.8 Å². The molecule has 0 aromatic heterocycles. The summed E-state index contributed by atoms with van der Waals surface area (Å²) in [5.41, 5.74) is 0.486. The van der Waals surface area contributed by atoms with E-state index in [1.807, 2.05) is 11.8 Å². The smallest absolute Gasteiger partial charge is 0.387 e. The van der Waals surface area contributed by atoms with E-state index in [0.717, 1.165) is 12.8 Å². The SMILES string of the molecule is O=C(c1cccc(OC(F)F)c1)C1CC2CCC(C1)S2. The molecule has 2 aliphatic rings. The fraction of sp³-hybridized carbons (Fsp3) is 0.533. The van der Waals surface area contributed by atoms with E-state index < -0.39 is 6.61 Å². The van der Waals surface area contributed by atoms with Crippen molar-refractivity contribution >= 4 is 17.5 Å². The van der Waals surface area contributed by atoms with Crippen molar-refractivity contribution in [2.75, 3.05) is 0 Å². The van der Waals surface area contributed by atoms with E-state index in [4.69, 9.17) is 0 Å². The van der Waals surface area contributed by atoms with Crippen LogP contribution in [0.3, 0.4) is 0 Å². The zero-order valence-electron chi connectivity index (χ0n) is 10.9. The number of carbonyl (C=O) groups is 1. The van der Waals surface area contributed by atoms with E-state index in [1.165, 1.54) is 25.0 Å². The first-order valence-corrected chi connectivity index (χ1v) is 7.80. The number of carbonyl (C=O) groups excluding carboxylic acids is 1. The summed E-state index contributed by atoms with van der Waals surface area (Å²) in [6.45, 7) is -2.86. The number of ketones is 1. The van der Waals surface area contributed by atoms with Gasteiger partial charge in [0.25, 0.3) is 0 Å². The highest BCUT2D eigenvalue weighted by Gasteiger charge is 2.37. The molecule has 0 radical (unpaired) electrons. The van der Waals surface area contributed by atoms with Gasteiger partial charge in [0.05, 0.1) is 0 Å². The molecule has 0 spiro atoms. The molecule has 2 atom stereocenters. The Morgan fingerprint density at radius 2 is 1.95 bits per heavy atom. The average molecular weight is 298 g/mol. The summed E-state index contributed by atoms with van der Waals surface area (Å²) in [6.07, 6.45) is 4.24. The third-order valence-electron chi connectivity index (χ3n) is 4.00. The van der Waals surface area contributed by atoms with Crippen LogP contribution in [0.2, 0.25) is 0 Å². The molecular weight excluding hydrogens is 282 g/mol. The Morgan fingerprint density at radius 3 is 2.60 bits per heavy atom. The maximum absolute atomic E-state index is 12.5. The van der Waals surface area contributed by atoms with Crippen LogP contribution in [-0.2, 0) is 0 Å². The molecule has 1 aromatic carbocycles. The second kappa shape index (κ2) is 5.72. The van der Waals surface area contributed by atoms with Gasteiger partial charge in [-0.2, -0.15) is 20.5 Å². The first-order valence-electron chi connectivity index (χ1n) is 6.86. The average Bonchev–Trinajstić information content (AvgIpc) is 2.76. The Morgan fingerprint density at radius 1 is 1.25 bits per heavy atom. The Labute approximate surface area is 120 Å². The summed E-state index contributed by atoms with van der Waals surface area (Å²) in [5, 5.41) is 1.20. The third-order valence-corrected chi connectivity index (χ3v) is 5.63. The lowest BCUT2D eigenvalue weighted by molar-refractivity contribution is -0.0498. The topological polar surface area (TPSA) is 26.3 Å². The van der Waals surface area contributed by atoms with Gasteiger partial charge in [0, 0.05) is 22.0 Å². The van der Waals surface area contributed by atoms with Crippen LogP contribution in [0.15, 0.2) is 24.3 Å². The standard InChI is InChI=1S/C15H16F2O2S/c16-15(17)19-11-3-1-2-9(6-11)14(18)10-7-12-4-5-13(8-10)20-12/h1-3,6,10,12-13,15H,4-5,7-8H2. The highest BCUT2D eigenvalue weighted by atomic mass is 32.2. The molecule has 5 heteroatoms. The second-order valence-electron chi connectivity index (χ2n) is 5.40. The van der Waals surface area contributed by atoms with Crippen LogP contribution in [0.4, 0.5) is 8.78 Å². The van der Waals surface area contributed by atoms with E-state index in [0.29, 0.717) is 16.1 Å². The maximum atomic E-state index is 12.5. The highest BCUT2D eigenvalue weighted by molar-refractivity contribution is 8.00. The van der Waals surface area contributed by atoms with Crippen molar-refractivity contribution in [1.29, 1.82) is 0 Å². The molecule has 20 heavy (non-hydrogen) atoms. The number of fused-ring (bicyclic) bond motifs is 2. The fourth-order valence-electron chi connectivity index (χ4n) is 3.13. The zero-order valence-corrected chi connectivity index (χ0v) is 11.7. The molecule has 2 bridgehead atoms. The van der Waals surface area contributed by atoms with Gasteiger partial charge in [0.15, 0.2) is 5.78 Å². The predicted molar refractivity (Wildman–Crippen MR) is 74.5 cm³/mol. The van der Waals surface area contributed by atoms with E-state index in [2.05, 4.69) is 4.74 Å². The van der Waals surface area contributed by atoms with Crippen LogP contribution < -0.4 is 4.74 Å². The number of hydrogen-bond acceptors (Lipinski definition) is 3. The third kappa shape index (κ3) is 2.97. The fourth-order valence-corrected chi connectivity index (χ4v) is 4.91. The zero-order chi connectivity index (χ0) is 14.1. The Bertz CT molecular complexity index is 494. The van der Waals surface area contributed by atoms with Crippen molar-refractivity contribution in [3.8, 4) is 5.75 Å². The molecule has 2 heterocycles. The monoisotopic (exact) mass is 298 g/mol. The highest BCUT2D eigenvalue weighted by Crippen LogP contribution is 2.46. The maximum Gasteiger partial charge on any atom is 0.387 e. The quantitative estimate of drug-likeness (QED) is 0.781. The van der Waals surface area contributed by atoms with Gasteiger partial charge >= 0.3 is 6.61 Å². The van der Waals surface area contributed by atoms with Crippen LogP contribution in [0.25, 0.3) is 0 Å². The molecule has 2 unspecified atom stereocenters. The van der Waals surface area contributed by atoms with Crippen molar-refractivity contribution < 1.29 is 18.3 Å². The number of rotatable bonds is 4. The van der Waals surface area contributed by atoms with E-state index >= 15 is 0 Å². The number of alkyl halides is 2. The molecule has 2 saturated heterocycles. The molecule has 108 valence electrons. The van der Waals surface area contributed by atoms with Gasteiger partial charge in [0.1, 0.15) is 5.75 Å². The number of Topliss-reactive ketones (excluding diaryl/α,β-unsaturated/α-hetero) is 1. The van der Waals surface area contributed by atoms with E-state index in [1.54, 1.807) is 12.1 Å². The molecule has 2 aliphatic heterocycles. The molecule has 2 nitrogen and oxygen atoms in total. The Kier molecular flexibility index (Phi) is 3.96. The minimum Gasteiger partial charge on any atom is -0.435 e. The van der Waals surface area contributed by atoms with Gasteiger partial charge < -0.3 is 4.74 Å². The van der Waals surface area contributed by atoms with Crippen LogP contribution in [0, 0.1) is 5.92 Å². The lowest BCUT2D eigenvalue weighted by Crippen LogP contribution is -2.24. The minimum atomic E-state index is -2.86. The number of ether oxygens (including phenoxy) is 1. The minimum absolute atomic E-state index is 0.0375. The summed E-state index contributed by atoms with van der Waals surface area (Å²) >= 11 is 2.00. The van der Waals surface area contributed by atoms with Gasteiger partial charge in [0.2, 0.25) is 0 Å². The number of benzene rings is 1. The van der Waals surface area contributed by atoms with E-state index in [9.17, 15) is 13.6 Å². The first-order chi connectivity index (χ1) is 9.61. The predicted octanol–water partition coefficient (Wildman–Crippen LogP) is 4.14. The van der Waals surface area contributed by atoms with Crippen molar-refractivity contribution in [3.63, 3.8) is 0 Å². The number of thioether (sulfide) groups is 1. The summed E-state index contributed by atoms with van der Waals surface area (Å²) in [7, 11) is 0. The number of hydrogen-bond donors (Lipinski definition) is 0. The number of halogens is 2. The summed E-state index contributed by atoms with van der Waals surface area (Å²) in [4.78, 5) is 12.5. The second-order valence-corrected chi connectivity index (χ2v) is 7.00. The normalized spacial score (nSPS) is 28.6. The largest absolute Gasteiger partial charge is 0.435 e. The van der Waals surface area contributed by atoms with Gasteiger partial charge in [-0.1, -0.05) is 12.1 Å². The van der Waals surface area contributed by atoms with Gasteiger partial charge in [-0.3, -0.25) is 4.79 Å². The van der Waals surface area contributed by atoms with Crippen LogP contribution in [0.1, 0.15) is 36.0 Å². The molecule has 1 aromatic rings. The molecule has 0 N–H and O–H groups in total. The molecule has 0 saturated carbocycles. The van der Waals surface area contributed by atoms with Gasteiger partial charge in [-0.15, -0.1) is 0 Å².